The second kappa shape index (κ2) is 4.68. The van der Waals surface area contributed by atoms with E-state index in [0.717, 1.165) is 33.5 Å². The quantitative estimate of drug-likeness (QED) is 0.535. The van der Waals surface area contributed by atoms with Gasteiger partial charge >= 0.3 is 0 Å². The molecule has 4 heteroatoms. The molecule has 0 aliphatic heterocycles. The summed E-state index contributed by atoms with van der Waals surface area (Å²) >= 11 is 0. The van der Waals surface area contributed by atoms with Crippen LogP contribution in [0.4, 0.5) is 0 Å². The van der Waals surface area contributed by atoms with Gasteiger partial charge in [-0.3, -0.25) is 4.40 Å². The van der Waals surface area contributed by atoms with E-state index in [2.05, 4.69) is 15.5 Å². The molecule has 22 heavy (non-hydrogen) atoms. The standard InChI is InChI=1S/C18H12N4/c1-12-18-17(14-8-6-13(10-19)7-9-14)21-15-4-2-3-5-16(15)22(18)11-20-12/h2-9,11H,1H3. The van der Waals surface area contributed by atoms with E-state index < -0.39 is 0 Å². The van der Waals surface area contributed by atoms with Gasteiger partial charge < -0.3 is 0 Å². The van der Waals surface area contributed by atoms with Gasteiger partial charge in [0.15, 0.2) is 0 Å². The number of aryl methyl sites for hydroxylation is 1. The molecule has 0 fully saturated rings. The van der Waals surface area contributed by atoms with Crippen LogP contribution in [0.5, 0.6) is 0 Å². The molecule has 0 radical (unpaired) electrons. The first-order valence-corrected chi connectivity index (χ1v) is 7.01. The Morgan fingerprint density at radius 1 is 1.05 bits per heavy atom. The normalized spacial score (nSPS) is 10.9. The zero-order valence-electron chi connectivity index (χ0n) is 12.0. The van der Waals surface area contributed by atoms with Crippen LogP contribution in [0.3, 0.4) is 0 Å². The maximum absolute atomic E-state index is 8.94. The third kappa shape index (κ3) is 1.76. The molecule has 4 aromatic rings. The van der Waals surface area contributed by atoms with E-state index in [9.17, 15) is 0 Å². The van der Waals surface area contributed by atoms with Crippen LogP contribution in [0, 0.1) is 18.3 Å². The Hall–Kier alpha value is -3.19. The van der Waals surface area contributed by atoms with Crippen LogP contribution in [-0.2, 0) is 0 Å². The van der Waals surface area contributed by atoms with Gasteiger partial charge in [-0.1, -0.05) is 24.3 Å². The van der Waals surface area contributed by atoms with Crippen LogP contribution in [0.2, 0.25) is 0 Å². The summed E-state index contributed by atoms with van der Waals surface area (Å²) in [5, 5.41) is 8.94. The Morgan fingerprint density at radius 3 is 2.59 bits per heavy atom. The van der Waals surface area contributed by atoms with Gasteiger partial charge in [0.2, 0.25) is 0 Å². The molecule has 0 aliphatic carbocycles. The molecule has 4 rings (SSSR count). The van der Waals surface area contributed by atoms with Crippen molar-refractivity contribution in [2.75, 3.05) is 0 Å². The molecule has 0 atom stereocenters. The van der Waals surface area contributed by atoms with Crippen molar-refractivity contribution in [3.05, 3.63) is 66.1 Å². The van der Waals surface area contributed by atoms with Gasteiger partial charge in [0.25, 0.3) is 0 Å². The molecule has 0 aliphatic rings. The Kier molecular flexibility index (Phi) is 2.67. The Bertz CT molecular complexity index is 1040. The fourth-order valence-electron chi connectivity index (χ4n) is 2.75. The van der Waals surface area contributed by atoms with Gasteiger partial charge in [0.1, 0.15) is 6.33 Å². The van der Waals surface area contributed by atoms with Crippen molar-refractivity contribution in [2.45, 2.75) is 6.92 Å². The first-order valence-electron chi connectivity index (χ1n) is 7.01. The van der Waals surface area contributed by atoms with E-state index in [1.165, 1.54) is 0 Å². The fraction of sp³-hybridized carbons (Fsp3) is 0.0556. The molecule has 0 bridgehead atoms. The van der Waals surface area contributed by atoms with Crippen molar-refractivity contribution < 1.29 is 0 Å². The highest BCUT2D eigenvalue weighted by Gasteiger charge is 2.13. The summed E-state index contributed by atoms with van der Waals surface area (Å²) in [6, 6.07) is 17.7. The number of para-hydroxylation sites is 2. The monoisotopic (exact) mass is 284 g/mol. The molecule has 0 N–H and O–H groups in total. The molecule has 2 heterocycles. The molecular formula is C18H12N4. The SMILES string of the molecule is Cc1ncn2c1c(-c1ccc(C#N)cc1)nc1ccccc12. The molecule has 0 saturated carbocycles. The Balaban J connectivity index is 2.10. The van der Waals surface area contributed by atoms with Gasteiger partial charge in [-0.05, 0) is 31.2 Å². The van der Waals surface area contributed by atoms with Crippen LogP contribution in [0.1, 0.15) is 11.3 Å². The molecule has 0 spiro atoms. The van der Waals surface area contributed by atoms with Crippen LogP contribution >= 0.6 is 0 Å². The van der Waals surface area contributed by atoms with Crippen molar-refractivity contribution in [2.24, 2.45) is 0 Å². The first kappa shape index (κ1) is 12.5. The van der Waals surface area contributed by atoms with Gasteiger partial charge in [-0.25, -0.2) is 9.97 Å². The molecule has 2 aromatic heterocycles. The summed E-state index contributed by atoms with van der Waals surface area (Å²) in [4.78, 5) is 9.25. The zero-order valence-corrected chi connectivity index (χ0v) is 12.0. The van der Waals surface area contributed by atoms with Crippen LogP contribution in [0.15, 0.2) is 54.9 Å². The molecule has 2 aromatic carbocycles. The first-order chi connectivity index (χ1) is 10.8. The molecule has 4 nitrogen and oxygen atoms in total. The minimum absolute atomic E-state index is 0.644. The van der Waals surface area contributed by atoms with E-state index in [1.54, 1.807) is 0 Å². The minimum Gasteiger partial charge on any atom is -0.295 e. The lowest BCUT2D eigenvalue weighted by Gasteiger charge is -2.08. The van der Waals surface area contributed by atoms with Crippen molar-refractivity contribution >= 4 is 16.6 Å². The number of hydrogen-bond donors (Lipinski definition) is 0. The lowest BCUT2D eigenvalue weighted by molar-refractivity contribution is 1.18. The summed E-state index contributed by atoms with van der Waals surface area (Å²) in [5.74, 6) is 0. The number of benzene rings is 2. The minimum atomic E-state index is 0.644. The van der Waals surface area contributed by atoms with Crippen molar-refractivity contribution in [3.8, 4) is 17.3 Å². The third-order valence-electron chi connectivity index (χ3n) is 3.84. The predicted molar refractivity (Wildman–Crippen MR) is 85.4 cm³/mol. The summed E-state index contributed by atoms with van der Waals surface area (Å²) in [5.41, 5.74) is 6.42. The number of rotatable bonds is 1. The smallest absolute Gasteiger partial charge is 0.100 e. The van der Waals surface area contributed by atoms with Gasteiger partial charge in [0.05, 0.1) is 39.6 Å². The van der Waals surface area contributed by atoms with Gasteiger partial charge in [-0.2, -0.15) is 5.26 Å². The second-order valence-corrected chi connectivity index (χ2v) is 5.19. The van der Waals surface area contributed by atoms with E-state index in [0.29, 0.717) is 5.56 Å². The number of imidazole rings is 1. The Morgan fingerprint density at radius 2 is 1.82 bits per heavy atom. The lowest BCUT2D eigenvalue weighted by atomic mass is 10.1. The average Bonchev–Trinajstić information content (AvgIpc) is 2.97. The molecule has 0 unspecified atom stereocenters. The van der Waals surface area contributed by atoms with E-state index in [4.69, 9.17) is 10.2 Å². The Labute approximate surface area is 127 Å². The molecular weight excluding hydrogens is 272 g/mol. The fourth-order valence-corrected chi connectivity index (χ4v) is 2.75. The number of nitriles is 1. The topological polar surface area (TPSA) is 54.0 Å². The van der Waals surface area contributed by atoms with E-state index in [1.807, 2.05) is 61.8 Å². The number of aromatic nitrogens is 3. The number of fused-ring (bicyclic) bond motifs is 3. The highest BCUT2D eigenvalue weighted by molar-refractivity contribution is 5.88. The summed E-state index contributed by atoms with van der Waals surface area (Å²) in [6.45, 7) is 1.99. The van der Waals surface area contributed by atoms with Gasteiger partial charge in [-0.15, -0.1) is 0 Å². The average molecular weight is 284 g/mol. The highest BCUT2D eigenvalue weighted by Crippen LogP contribution is 2.28. The molecule has 104 valence electrons. The summed E-state index contributed by atoms with van der Waals surface area (Å²) in [6.07, 6.45) is 1.84. The zero-order chi connectivity index (χ0) is 15.1. The third-order valence-corrected chi connectivity index (χ3v) is 3.84. The summed E-state index contributed by atoms with van der Waals surface area (Å²) in [7, 11) is 0. The number of hydrogen-bond acceptors (Lipinski definition) is 3. The lowest BCUT2D eigenvalue weighted by Crippen LogP contribution is -1.95. The highest BCUT2D eigenvalue weighted by atomic mass is 15.0. The van der Waals surface area contributed by atoms with Gasteiger partial charge in [0, 0.05) is 5.56 Å². The second-order valence-electron chi connectivity index (χ2n) is 5.19. The molecule has 0 saturated heterocycles. The summed E-state index contributed by atoms with van der Waals surface area (Å²) < 4.78 is 2.07. The molecule has 0 amide bonds. The maximum atomic E-state index is 8.94. The van der Waals surface area contributed by atoms with Crippen molar-refractivity contribution in [3.63, 3.8) is 0 Å². The number of nitrogens with zero attached hydrogens (tertiary/aromatic N) is 4. The van der Waals surface area contributed by atoms with Crippen molar-refractivity contribution in [1.29, 1.82) is 5.26 Å². The van der Waals surface area contributed by atoms with Crippen LogP contribution in [0.25, 0.3) is 27.8 Å². The van der Waals surface area contributed by atoms with Crippen molar-refractivity contribution in [1.82, 2.24) is 14.4 Å². The van der Waals surface area contributed by atoms with E-state index >= 15 is 0 Å². The van der Waals surface area contributed by atoms with E-state index in [-0.39, 0.29) is 0 Å². The maximum Gasteiger partial charge on any atom is 0.100 e. The van der Waals surface area contributed by atoms with Crippen LogP contribution < -0.4 is 0 Å². The largest absolute Gasteiger partial charge is 0.295 e. The van der Waals surface area contributed by atoms with Crippen LogP contribution in [-0.4, -0.2) is 14.4 Å². The predicted octanol–water partition coefficient (Wildman–Crippen LogP) is 3.73.